The Morgan fingerprint density at radius 2 is 2.13 bits per heavy atom. The number of furan rings is 1. The van der Waals surface area contributed by atoms with Crippen molar-refractivity contribution in [3.63, 3.8) is 0 Å². The predicted octanol–water partition coefficient (Wildman–Crippen LogP) is 2.81. The van der Waals surface area contributed by atoms with Crippen molar-refractivity contribution >= 4 is 0 Å². The molecule has 0 radical (unpaired) electrons. The van der Waals surface area contributed by atoms with Crippen molar-refractivity contribution in [2.24, 2.45) is 0 Å². The van der Waals surface area contributed by atoms with Crippen LogP contribution in [0.15, 0.2) is 41.2 Å². The van der Waals surface area contributed by atoms with E-state index in [4.69, 9.17) is 4.42 Å². The Morgan fingerprint density at radius 3 is 2.73 bits per heavy atom. The summed E-state index contributed by atoms with van der Waals surface area (Å²) in [7, 11) is 0. The lowest BCUT2D eigenvalue weighted by atomic mass is 9.99. The lowest BCUT2D eigenvalue weighted by Crippen LogP contribution is -2.00. The van der Waals surface area contributed by atoms with Gasteiger partial charge in [0.1, 0.15) is 11.9 Å². The van der Waals surface area contributed by atoms with E-state index in [1.165, 1.54) is 24.7 Å². The first kappa shape index (κ1) is 9.93. The third kappa shape index (κ3) is 1.92. The highest BCUT2D eigenvalue weighted by atomic mass is 19.1. The minimum atomic E-state index is -0.760. The Bertz CT molecular complexity index is 449. The fourth-order valence-electron chi connectivity index (χ4n) is 1.56. The van der Waals surface area contributed by atoms with E-state index >= 15 is 0 Å². The van der Waals surface area contributed by atoms with Gasteiger partial charge in [-0.05, 0) is 36.2 Å². The average Bonchev–Trinajstić information content (AvgIpc) is 2.69. The summed E-state index contributed by atoms with van der Waals surface area (Å²) in [6.07, 6.45) is 2.22. The first-order valence-electron chi connectivity index (χ1n) is 4.64. The minimum Gasteiger partial charge on any atom is -0.472 e. The van der Waals surface area contributed by atoms with Gasteiger partial charge in [-0.3, -0.25) is 0 Å². The molecule has 0 unspecified atom stereocenters. The fraction of sp³-hybridized carbons (Fsp3) is 0.167. The zero-order valence-corrected chi connectivity index (χ0v) is 8.27. The standard InChI is InChI=1S/C12H11FO2/c1-8-6-10(13)2-3-11(8)12(14)9-4-5-15-7-9/h2-7,12,14H,1H3/t12-/m0/s1. The lowest BCUT2D eigenvalue weighted by molar-refractivity contribution is 0.218. The summed E-state index contributed by atoms with van der Waals surface area (Å²) in [5.74, 6) is -0.296. The van der Waals surface area contributed by atoms with Gasteiger partial charge in [0.05, 0.1) is 12.5 Å². The van der Waals surface area contributed by atoms with Crippen LogP contribution in [0.4, 0.5) is 4.39 Å². The van der Waals surface area contributed by atoms with Crippen molar-refractivity contribution < 1.29 is 13.9 Å². The quantitative estimate of drug-likeness (QED) is 0.819. The third-order valence-electron chi connectivity index (χ3n) is 2.39. The second kappa shape index (κ2) is 3.87. The maximum Gasteiger partial charge on any atom is 0.123 e. The summed E-state index contributed by atoms with van der Waals surface area (Å²) in [5, 5.41) is 9.97. The van der Waals surface area contributed by atoms with E-state index in [2.05, 4.69) is 0 Å². The molecule has 1 aromatic carbocycles. The molecular formula is C12H11FO2. The van der Waals surface area contributed by atoms with Gasteiger partial charge in [-0.15, -0.1) is 0 Å². The molecule has 2 rings (SSSR count). The van der Waals surface area contributed by atoms with Crippen LogP contribution in [0.1, 0.15) is 22.8 Å². The topological polar surface area (TPSA) is 33.4 Å². The largest absolute Gasteiger partial charge is 0.472 e. The summed E-state index contributed by atoms with van der Waals surface area (Å²) in [6, 6.07) is 6.01. The van der Waals surface area contributed by atoms with Crippen molar-refractivity contribution in [2.75, 3.05) is 0 Å². The summed E-state index contributed by atoms with van der Waals surface area (Å²) >= 11 is 0. The minimum absolute atomic E-state index is 0.296. The first-order valence-corrected chi connectivity index (χ1v) is 4.64. The molecule has 3 heteroatoms. The Balaban J connectivity index is 2.38. The van der Waals surface area contributed by atoms with Crippen molar-refractivity contribution in [1.29, 1.82) is 0 Å². The van der Waals surface area contributed by atoms with E-state index in [0.717, 1.165) is 5.56 Å². The molecule has 0 bridgehead atoms. The van der Waals surface area contributed by atoms with Gasteiger partial charge in [0, 0.05) is 5.56 Å². The summed E-state index contributed by atoms with van der Waals surface area (Å²) < 4.78 is 17.7. The monoisotopic (exact) mass is 206 g/mol. The zero-order chi connectivity index (χ0) is 10.8. The number of halogens is 1. The third-order valence-corrected chi connectivity index (χ3v) is 2.39. The number of aliphatic hydroxyl groups excluding tert-OH is 1. The van der Waals surface area contributed by atoms with Crippen molar-refractivity contribution in [1.82, 2.24) is 0 Å². The van der Waals surface area contributed by atoms with Crippen LogP contribution >= 0.6 is 0 Å². The van der Waals surface area contributed by atoms with Crippen LogP contribution in [0.25, 0.3) is 0 Å². The molecule has 0 fully saturated rings. The van der Waals surface area contributed by atoms with Crippen LogP contribution in [-0.4, -0.2) is 5.11 Å². The maximum atomic E-state index is 12.9. The molecule has 0 spiro atoms. The van der Waals surface area contributed by atoms with Crippen molar-refractivity contribution in [2.45, 2.75) is 13.0 Å². The summed E-state index contributed by atoms with van der Waals surface area (Å²) in [6.45, 7) is 1.77. The maximum absolute atomic E-state index is 12.9. The number of aliphatic hydroxyl groups is 1. The predicted molar refractivity (Wildman–Crippen MR) is 53.9 cm³/mol. The zero-order valence-electron chi connectivity index (χ0n) is 8.27. The van der Waals surface area contributed by atoms with Gasteiger partial charge < -0.3 is 9.52 Å². The van der Waals surface area contributed by atoms with Crippen LogP contribution in [-0.2, 0) is 0 Å². The molecule has 1 atom stereocenters. The number of benzene rings is 1. The highest BCUT2D eigenvalue weighted by Gasteiger charge is 2.13. The molecule has 0 saturated heterocycles. The van der Waals surface area contributed by atoms with E-state index in [9.17, 15) is 9.50 Å². The molecule has 1 N–H and O–H groups in total. The van der Waals surface area contributed by atoms with E-state index in [1.54, 1.807) is 19.1 Å². The Hall–Kier alpha value is -1.61. The summed E-state index contributed by atoms with van der Waals surface area (Å²) in [5.41, 5.74) is 2.09. The molecule has 0 saturated carbocycles. The van der Waals surface area contributed by atoms with Gasteiger partial charge in [0.2, 0.25) is 0 Å². The van der Waals surface area contributed by atoms with Crippen molar-refractivity contribution in [3.05, 3.63) is 59.3 Å². The molecule has 2 nitrogen and oxygen atoms in total. The molecule has 0 aliphatic rings. The number of rotatable bonds is 2. The van der Waals surface area contributed by atoms with Crippen LogP contribution in [0.3, 0.4) is 0 Å². The molecule has 15 heavy (non-hydrogen) atoms. The second-order valence-electron chi connectivity index (χ2n) is 3.46. The number of aryl methyl sites for hydroxylation is 1. The van der Waals surface area contributed by atoms with Gasteiger partial charge in [-0.2, -0.15) is 0 Å². The van der Waals surface area contributed by atoms with Gasteiger partial charge in [0.15, 0.2) is 0 Å². The first-order chi connectivity index (χ1) is 7.18. The van der Waals surface area contributed by atoms with E-state index in [1.807, 2.05) is 0 Å². The Kier molecular flexibility index (Phi) is 2.56. The number of hydrogen-bond donors (Lipinski definition) is 1. The van der Waals surface area contributed by atoms with Gasteiger partial charge in [-0.25, -0.2) is 4.39 Å². The highest BCUT2D eigenvalue weighted by molar-refractivity contribution is 5.34. The molecule has 0 amide bonds. The molecule has 1 aromatic heterocycles. The van der Waals surface area contributed by atoms with Crippen LogP contribution in [0.5, 0.6) is 0 Å². The molecule has 1 heterocycles. The van der Waals surface area contributed by atoms with Crippen molar-refractivity contribution in [3.8, 4) is 0 Å². The SMILES string of the molecule is Cc1cc(F)ccc1[C@@H](O)c1ccoc1. The Morgan fingerprint density at radius 1 is 1.33 bits per heavy atom. The molecular weight excluding hydrogens is 195 g/mol. The van der Waals surface area contributed by atoms with Gasteiger partial charge in [0.25, 0.3) is 0 Å². The van der Waals surface area contributed by atoms with Gasteiger partial charge in [-0.1, -0.05) is 6.07 Å². The molecule has 78 valence electrons. The van der Waals surface area contributed by atoms with E-state index in [-0.39, 0.29) is 5.82 Å². The van der Waals surface area contributed by atoms with Crippen LogP contribution in [0, 0.1) is 12.7 Å². The average molecular weight is 206 g/mol. The molecule has 0 aliphatic heterocycles. The molecule has 0 aliphatic carbocycles. The number of hydrogen-bond acceptors (Lipinski definition) is 2. The van der Waals surface area contributed by atoms with E-state index in [0.29, 0.717) is 11.1 Å². The fourth-order valence-corrected chi connectivity index (χ4v) is 1.56. The molecule has 2 aromatic rings. The second-order valence-corrected chi connectivity index (χ2v) is 3.46. The lowest BCUT2D eigenvalue weighted by Gasteiger charge is -2.11. The Labute approximate surface area is 87.0 Å². The van der Waals surface area contributed by atoms with E-state index < -0.39 is 6.10 Å². The smallest absolute Gasteiger partial charge is 0.123 e. The van der Waals surface area contributed by atoms with Gasteiger partial charge >= 0.3 is 0 Å². The van der Waals surface area contributed by atoms with Crippen LogP contribution in [0.2, 0.25) is 0 Å². The summed E-state index contributed by atoms with van der Waals surface area (Å²) in [4.78, 5) is 0. The highest BCUT2D eigenvalue weighted by Crippen LogP contribution is 2.25. The van der Waals surface area contributed by atoms with Crippen LogP contribution < -0.4 is 0 Å². The normalized spacial score (nSPS) is 12.7.